The quantitative estimate of drug-likeness (QED) is 0.605. The number of halogens is 1. The van der Waals surface area contributed by atoms with Crippen LogP contribution in [0.3, 0.4) is 0 Å². The molecular formula is C25H31ClN2O4. The second-order valence-corrected chi connectivity index (χ2v) is 8.56. The lowest BCUT2D eigenvalue weighted by molar-refractivity contribution is -0.140. The summed E-state index contributed by atoms with van der Waals surface area (Å²) in [4.78, 5) is 27.7. The first kappa shape index (κ1) is 23.9. The van der Waals surface area contributed by atoms with Gasteiger partial charge >= 0.3 is 0 Å². The van der Waals surface area contributed by atoms with Gasteiger partial charge in [0.2, 0.25) is 11.8 Å². The maximum Gasteiger partial charge on any atom is 0.242 e. The van der Waals surface area contributed by atoms with Crippen molar-refractivity contribution in [3.05, 3.63) is 58.6 Å². The molecule has 0 spiro atoms. The summed E-state index contributed by atoms with van der Waals surface area (Å²) in [5.74, 6) is 1.20. The molecule has 1 aliphatic heterocycles. The molecule has 172 valence electrons. The topological polar surface area (TPSA) is 67.9 Å². The van der Waals surface area contributed by atoms with Gasteiger partial charge in [-0.2, -0.15) is 0 Å². The number of nitrogens with one attached hydrogen (secondary N) is 1. The van der Waals surface area contributed by atoms with Crippen molar-refractivity contribution in [2.45, 2.75) is 58.7 Å². The highest BCUT2D eigenvalue weighted by Crippen LogP contribution is 2.31. The largest absolute Gasteiger partial charge is 0.486 e. The molecule has 2 atom stereocenters. The predicted octanol–water partition coefficient (Wildman–Crippen LogP) is 4.38. The highest BCUT2D eigenvalue weighted by atomic mass is 35.5. The summed E-state index contributed by atoms with van der Waals surface area (Å²) in [6, 6.07) is 12.5. The fourth-order valence-electron chi connectivity index (χ4n) is 3.47. The van der Waals surface area contributed by atoms with Gasteiger partial charge in [-0.25, -0.2) is 0 Å². The second kappa shape index (κ2) is 11.2. The Morgan fingerprint density at radius 3 is 2.38 bits per heavy atom. The van der Waals surface area contributed by atoms with E-state index in [1.165, 1.54) is 0 Å². The minimum Gasteiger partial charge on any atom is -0.486 e. The highest BCUT2D eigenvalue weighted by molar-refractivity contribution is 6.30. The molecule has 2 aromatic carbocycles. The number of carbonyl (C=O) groups excluding carboxylic acids is 2. The molecule has 0 saturated carbocycles. The average molecular weight is 459 g/mol. The van der Waals surface area contributed by atoms with Crippen molar-refractivity contribution in [2.24, 2.45) is 0 Å². The summed E-state index contributed by atoms with van der Waals surface area (Å²) in [5, 5.41) is 3.62. The molecule has 0 saturated heterocycles. The number of aryl methyl sites for hydroxylation is 1. The van der Waals surface area contributed by atoms with Crippen molar-refractivity contribution in [1.82, 2.24) is 10.2 Å². The molecule has 1 N–H and O–H groups in total. The lowest BCUT2D eigenvalue weighted by atomic mass is 10.1. The summed E-state index contributed by atoms with van der Waals surface area (Å²) in [6.45, 7) is 7.15. The van der Waals surface area contributed by atoms with Crippen molar-refractivity contribution in [3.8, 4) is 11.5 Å². The van der Waals surface area contributed by atoms with Crippen molar-refractivity contribution >= 4 is 23.4 Å². The Hall–Kier alpha value is -2.73. The van der Waals surface area contributed by atoms with E-state index in [9.17, 15) is 9.59 Å². The Labute approximate surface area is 194 Å². The molecule has 2 aromatic rings. The van der Waals surface area contributed by atoms with Gasteiger partial charge in [0.05, 0.1) is 0 Å². The normalized spacial score (nSPS) is 14.4. The van der Waals surface area contributed by atoms with Crippen LogP contribution in [0, 0.1) is 0 Å². The maximum atomic E-state index is 13.2. The van der Waals surface area contributed by atoms with Crippen LogP contribution < -0.4 is 14.8 Å². The van der Waals surface area contributed by atoms with Gasteiger partial charge in [-0.1, -0.05) is 36.7 Å². The fourth-order valence-corrected chi connectivity index (χ4v) is 3.60. The number of carbonyl (C=O) groups is 2. The first-order valence-electron chi connectivity index (χ1n) is 11.1. The Kier molecular flexibility index (Phi) is 8.39. The van der Waals surface area contributed by atoms with E-state index in [2.05, 4.69) is 5.32 Å². The second-order valence-electron chi connectivity index (χ2n) is 8.12. The molecule has 2 amide bonds. The third-order valence-electron chi connectivity index (χ3n) is 5.67. The molecule has 1 heterocycles. The Bertz CT molecular complexity index is 932. The lowest BCUT2D eigenvalue weighted by Gasteiger charge is -2.30. The molecule has 32 heavy (non-hydrogen) atoms. The Balaban J connectivity index is 1.71. The van der Waals surface area contributed by atoms with Crippen LogP contribution in [0.2, 0.25) is 5.02 Å². The summed E-state index contributed by atoms with van der Waals surface area (Å²) in [7, 11) is 0. The first-order valence-corrected chi connectivity index (χ1v) is 11.5. The molecular weight excluding hydrogens is 428 g/mol. The summed E-state index contributed by atoms with van der Waals surface area (Å²) >= 11 is 6.00. The van der Waals surface area contributed by atoms with Crippen molar-refractivity contribution < 1.29 is 19.1 Å². The third-order valence-corrected chi connectivity index (χ3v) is 5.92. The summed E-state index contributed by atoms with van der Waals surface area (Å²) < 4.78 is 11.2. The van der Waals surface area contributed by atoms with Crippen LogP contribution in [0.4, 0.5) is 0 Å². The number of hydrogen-bond acceptors (Lipinski definition) is 4. The summed E-state index contributed by atoms with van der Waals surface area (Å²) in [6.07, 6.45) is 1.66. The number of hydrogen-bond donors (Lipinski definition) is 1. The molecule has 0 aromatic heterocycles. The van der Waals surface area contributed by atoms with E-state index >= 15 is 0 Å². The first-order chi connectivity index (χ1) is 15.4. The van der Waals surface area contributed by atoms with E-state index in [1.54, 1.807) is 24.0 Å². The molecule has 1 aliphatic rings. The number of amides is 2. The summed E-state index contributed by atoms with van der Waals surface area (Å²) in [5.41, 5.74) is 1.91. The molecule has 0 unspecified atom stereocenters. The van der Waals surface area contributed by atoms with E-state index in [4.69, 9.17) is 21.1 Å². The molecule has 0 bridgehead atoms. The van der Waals surface area contributed by atoms with Crippen LogP contribution >= 0.6 is 11.6 Å². The number of nitrogens with zero attached hydrogens (tertiary/aromatic N) is 1. The number of benzene rings is 2. The molecule has 0 fully saturated rings. The number of rotatable bonds is 9. The Morgan fingerprint density at radius 1 is 1.03 bits per heavy atom. The van der Waals surface area contributed by atoms with Gasteiger partial charge in [0.15, 0.2) is 11.5 Å². The zero-order valence-electron chi connectivity index (χ0n) is 18.9. The zero-order chi connectivity index (χ0) is 23.1. The van der Waals surface area contributed by atoms with E-state index in [-0.39, 0.29) is 24.3 Å². The van der Waals surface area contributed by atoms with E-state index < -0.39 is 6.04 Å². The minimum absolute atomic E-state index is 0.0511. The van der Waals surface area contributed by atoms with Gasteiger partial charge in [-0.3, -0.25) is 9.59 Å². The highest BCUT2D eigenvalue weighted by Gasteiger charge is 2.26. The van der Waals surface area contributed by atoms with Gasteiger partial charge in [-0.05, 0) is 62.1 Å². The van der Waals surface area contributed by atoms with Crippen molar-refractivity contribution in [3.63, 3.8) is 0 Å². The van der Waals surface area contributed by atoms with Crippen molar-refractivity contribution in [1.29, 1.82) is 0 Å². The van der Waals surface area contributed by atoms with Crippen LogP contribution in [0.15, 0.2) is 42.5 Å². The van der Waals surface area contributed by atoms with Crippen LogP contribution in [-0.4, -0.2) is 42.0 Å². The molecule has 3 rings (SSSR count). The van der Waals surface area contributed by atoms with E-state index in [0.29, 0.717) is 37.0 Å². The molecule has 6 nitrogen and oxygen atoms in total. The molecule has 7 heteroatoms. The number of fused-ring (bicyclic) bond motifs is 1. The van der Waals surface area contributed by atoms with Gasteiger partial charge in [0.25, 0.3) is 0 Å². The van der Waals surface area contributed by atoms with Crippen LogP contribution in [0.1, 0.15) is 44.7 Å². The third kappa shape index (κ3) is 6.39. The van der Waals surface area contributed by atoms with Crippen molar-refractivity contribution in [2.75, 3.05) is 13.2 Å². The number of ether oxygens (including phenoxy) is 2. The van der Waals surface area contributed by atoms with Crippen LogP contribution in [0.25, 0.3) is 0 Å². The zero-order valence-corrected chi connectivity index (χ0v) is 19.7. The molecule has 0 aliphatic carbocycles. The molecule has 0 radical (unpaired) electrons. The monoisotopic (exact) mass is 458 g/mol. The van der Waals surface area contributed by atoms with Crippen LogP contribution in [0.5, 0.6) is 11.5 Å². The average Bonchev–Trinajstić information content (AvgIpc) is 2.81. The maximum absolute atomic E-state index is 13.2. The predicted molar refractivity (Wildman–Crippen MR) is 125 cm³/mol. The van der Waals surface area contributed by atoms with Gasteiger partial charge < -0.3 is 19.7 Å². The van der Waals surface area contributed by atoms with Gasteiger partial charge in [-0.15, -0.1) is 0 Å². The SMILES string of the molecule is CC[C@@H](C)NC(=O)[C@@H](C)N(Cc1ccc(Cl)cc1)C(=O)CCc1ccc2c(c1)OCCO2. The van der Waals surface area contributed by atoms with Gasteiger partial charge in [0.1, 0.15) is 19.3 Å². The van der Waals surface area contributed by atoms with E-state index in [1.807, 2.05) is 44.2 Å². The minimum atomic E-state index is -0.590. The Morgan fingerprint density at radius 2 is 1.69 bits per heavy atom. The lowest BCUT2D eigenvalue weighted by Crippen LogP contribution is -2.49. The standard InChI is InChI=1S/C25H31ClN2O4/c1-4-17(2)27-25(30)18(3)28(16-20-5-9-21(26)10-6-20)24(29)12-8-19-7-11-22-23(15-19)32-14-13-31-22/h5-7,9-11,15,17-18H,4,8,12-14,16H2,1-3H3,(H,27,30)/t17-,18-/m1/s1. The van der Waals surface area contributed by atoms with Gasteiger partial charge in [0, 0.05) is 24.0 Å². The smallest absolute Gasteiger partial charge is 0.242 e. The fraction of sp³-hybridized carbons (Fsp3) is 0.440. The van der Waals surface area contributed by atoms with Crippen LogP contribution in [-0.2, 0) is 22.6 Å². The van der Waals surface area contributed by atoms with E-state index in [0.717, 1.165) is 23.3 Å².